The fourth-order valence-electron chi connectivity index (χ4n) is 3.03. The highest BCUT2D eigenvalue weighted by atomic mass is 15.5. The van der Waals surface area contributed by atoms with Crippen molar-refractivity contribution in [3.8, 4) is 0 Å². The van der Waals surface area contributed by atoms with E-state index in [2.05, 4.69) is 51.3 Å². The second-order valence-electron chi connectivity index (χ2n) is 5.85. The molecule has 2 aromatic heterocycles. The maximum Gasteiger partial charge on any atom is 0.0830 e. The van der Waals surface area contributed by atoms with Crippen molar-refractivity contribution in [1.82, 2.24) is 29.8 Å². The zero-order chi connectivity index (χ0) is 14.7. The lowest BCUT2D eigenvalue weighted by Gasteiger charge is -2.24. The highest BCUT2D eigenvalue weighted by Gasteiger charge is 2.35. The van der Waals surface area contributed by atoms with Gasteiger partial charge in [-0.15, -0.1) is 5.10 Å². The summed E-state index contributed by atoms with van der Waals surface area (Å²) >= 11 is 0. The molecule has 21 heavy (non-hydrogen) atoms. The number of hydrogen-bond acceptors (Lipinski definition) is 5. The molecule has 3 heterocycles. The Balaban J connectivity index is 1.63. The minimum absolute atomic E-state index is 0.375. The van der Waals surface area contributed by atoms with Crippen molar-refractivity contribution in [3.63, 3.8) is 0 Å². The average Bonchev–Trinajstić information content (AvgIpc) is 3.15. The van der Waals surface area contributed by atoms with Gasteiger partial charge in [-0.2, -0.15) is 0 Å². The van der Waals surface area contributed by atoms with E-state index in [1.165, 1.54) is 5.56 Å². The number of hydrogen-bond donors (Lipinski definition) is 0. The fourth-order valence-corrected chi connectivity index (χ4v) is 3.03. The van der Waals surface area contributed by atoms with Gasteiger partial charge in [0.1, 0.15) is 0 Å². The van der Waals surface area contributed by atoms with Crippen LogP contribution in [0.25, 0.3) is 0 Å². The monoisotopic (exact) mass is 286 g/mol. The van der Waals surface area contributed by atoms with Gasteiger partial charge in [-0.25, -0.2) is 4.68 Å². The predicted octanol–water partition coefficient (Wildman–Crippen LogP) is 0.703. The zero-order valence-electron chi connectivity index (χ0n) is 12.6. The Morgan fingerprint density at radius 1 is 1.19 bits per heavy atom. The summed E-state index contributed by atoms with van der Waals surface area (Å²) in [4.78, 5) is 8.87. The summed E-state index contributed by atoms with van der Waals surface area (Å²) in [5, 5.41) is 8.14. The lowest BCUT2D eigenvalue weighted by atomic mass is 10.1. The van der Waals surface area contributed by atoms with Crippen LogP contribution in [-0.2, 0) is 6.42 Å². The van der Waals surface area contributed by atoms with Gasteiger partial charge < -0.3 is 4.90 Å². The molecule has 0 aromatic carbocycles. The van der Waals surface area contributed by atoms with E-state index in [0.29, 0.717) is 12.1 Å². The van der Waals surface area contributed by atoms with E-state index < -0.39 is 0 Å². The summed E-state index contributed by atoms with van der Waals surface area (Å²) in [5.41, 5.74) is 1.34. The van der Waals surface area contributed by atoms with E-state index in [1.807, 2.05) is 23.3 Å². The van der Waals surface area contributed by atoms with Crippen molar-refractivity contribution < 1.29 is 0 Å². The molecule has 0 amide bonds. The molecule has 0 aliphatic carbocycles. The summed E-state index contributed by atoms with van der Waals surface area (Å²) in [7, 11) is 4.28. The van der Waals surface area contributed by atoms with E-state index >= 15 is 0 Å². The van der Waals surface area contributed by atoms with E-state index in [1.54, 1.807) is 6.20 Å². The van der Waals surface area contributed by atoms with E-state index in [-0.39, 0.29) is 0 Å². The number of nitrogens with zero attached hydrogens (tertiary/aromatic N) is 6. The van der Waals surface area contributed by atoms with Crippen LogP contribution >= 0.6 is 0 Å². The molecule has 1 aliphatic rings. The molecule has 2 atom stereocenters. The minimum Gasteiger partial charge on any atom is -0.303 e. The lowest BCUT2D eigenvalue weighted by Crippen LogP contribution is -2.36. The van der Waals surface area contributed by atoms with Gasteiger partial charge in [-0.3, -0.25) is 9.88 Å². The number of pyridine rings is 1. The Labute approximate surface area is 125 Å². The van der Waals surface area contributed by atoms with Gasteiger partial charge in [0.05, 0.1) is 12.2 Å². The Morgan fingerprint density at radius 2 is 2.00 bits per heavy atom. The standard InChI is InChI=1S/C15H22N6/c1-19(2)14-11-20(9-5-13-3-6-16-7-4-13)12-15(14)21-10-8-17-18-21/h3-4,6-8,10,14-15H,5,9,11-12H2,1-2H3/t14-,15+/m1/s1. The molecule has 1 fully saturated rings. The first kappa shape index (κ1) is 14.2. The first-order valence-corrected chi connectivity index (χ1v) is 7.37. The Morgan fingerprint density at radius 3 is 2.67 bits per heavy atom. The van der Waals surface area contributed by atoms with Crippen LogP contribution in [0, 0.1) is 0 Å². The number of aromatic nitrogens is 4. The molecule has 1 saturated heterocycles. The zero-order valence-corrected chi connectivity index (χ0v) is 12.6. The molecule has 0 spiro atoms. The maximum atomic E-state index is 4.19. The van der Waals surface area contributed by atoms with Crippen LogP contribution < -0.4 is 0 Å². The molecule has 2 aromatic rings. The van der Waals surface area contributed by atoms with Crippen molar-refractivity contribution in [2.75, 3.05) is 33.7 Å². The SMILES string of the molecule is CN(C)[C@@H]1CN(CCc2ccncc2)C[C@@H]1n1ccnn1. The van der Waals surface area contributed by atoms with Gasteiger partial charge in [0, 0.05) is 44.3 Å². The van der Waals surface area contributed by atoms with E-state index in [4.69, 9.17) is 0 Å². The summed E-state index contributed by atoms with van der Waals surface area (Å²) < 4.78 is 2.00. The van der Waals surface area contributed by atoms with Crippen molar-refractivity contribution >= 4 is 0 Å². The summed E-state index contributed by atoms with van der Waals surface area (Å²) in [5.74, 6) is 0. The van der Waals surface area contributed by atoms with Crippen LogP contribution in [0.4, 0.5) is 0 Å². The van der Waals surface area contributed by atoms with Crippen molar-refractivity contribution in [3.05, 3.63) is 42.5 Å². The molecule has 0 unspecified atom stereocenters. The van der Waals surface area contributed by atoms with Crippen LogP contribution in [0.15, 0.2) is 36.9 Å². The third kappa shape index (κ3) is 3.28. The van der Waals surface area contributed by atoms with Gasteiger partial charge in [0.25, 0.3) is 0 Å². The van der Waals surface area contributed by atoms with E-state index in [9.17, 15) is 0 Å². The molecule has 0 bridgehead atoms. The normalized spacial score (nSPS) is 23.0. The van der Waals surface area contributed by atoms with Crippen molar-refractivity contribution in [2.45, 2.75) is 18.5 Å². The molecule has 0 radical (unpaired) electrons. The van der Waals surface area contributed by atoms with Gasteiger partial charge in [0.2, 0.25) is 0 Å². The molecule has 0 N–H and O–H groups in total. The highest BCUT2D eigenvalue weighted by molar-refractivity contribution is 5.10. The third-order valence-electron chi connectivity index (χ3n) is 4.24. The Bertz CT molecular complexity index is 539. The molecule has 3 rings (SSSR count). The van der Waals surface area contributed by atoms with Crippen molar-refractivity contribution in [2.24, 2.45) is 0 Å². The van der Waals surface area contributed by atoms with Crippen LogP contribution in [0.2, 0.25) is 0 Å². The topological polar surface area (TPSA) is 50.1 Å². The average molecular weight is 286 g/mol. The van der Waals surface area contributed by atoms with Gasteiger partial charge in [-0.1, -0.05) is 5.21 Å². The molecule has 1 aliphatic heterocycles. The number of rotatable bonds is 5. The maximum absolute atomic E-state index is 4.19. The first-order chi connectivity index (χ1) is 10.2. The lowest BCUT2D eigenvalue weighted by molar-refractivity contribution is 0.238. The Hall–Kier alpha value is -1.79. The molecule has 6 heteroatoms. The van der Waals surface area contributed by atoms with Crippen LogP contribution in [0.1, 0.15) is 11.6 Å². The van der Waals surface area contributed by atoms with Crippen LogP contribution in [0.3, 0.4) is 0 Å². The van der Waals surface area contributed by atoms with Gasteiger partial charge in [0.15, 0.2) is 0 Å². The largest absolute Gasteiger partial charge is 0.303 e. The third-order valence-corrected chi connectivity index (χ3v) is 4.24. The second-order valence-corrected chi connectivity index (χ2v) is 5.85. The Kier molecular flexibility index (Phi) is 4.26. The number of likely N-dealkylation sites (N-methyl/N-ethyl adjacent to an activating group) is 1. The molecular formula is C15H22N6. The molecule has 6 nitrogen and oxygen atoms in total. The van der Waals surface area contributed by atoms with Gasteiger partial charge >= 0.3 is 0 Å². The van der Waals surface area contributed by atoms with E-state index in [0.717, 1.165) is 26.1 Å². The van der Waals surface area contributed by atoms with Crippen LogP contribution in [-0.4, -0.2) is 69.5 Å². The predicted molar refractivity (Wildman–Crippen MR) is 80.9 cm³/mol. The summed E-state index contributed by atoms with van der Waals surface area (Å²) in [6, 6.07) is 5.03. The summed E-state index contributed by atoms with van der Waals surface area (Å²) in [6.45, 7) is 3.17. The highest BCUT2D eigenvalue weighted by Crippen LogP contribution is 2.24. The minimum atomic E-state index is 0.375. The fraction of sp³-hybridized carbons (Fsp3) is 0.533. The summed E-state index contributed by atoms with van der Waals surface area (Å²) in [6.07, 6.45) is 8.51. The molecule has 112 valence electrons. The molecular weight excluding hydrogens is 264 g/mol. The first-order valence-electron chi connectivity index (χ1n) is 7.37. The van der Waals surface area contributed by atoms with Crippen LogP contribution in [0.5, 0.6) is 0 Å². The molecule has 0 saturated carbocycles. The number of likely N-dealkylation sites (tertiary alicyclic amines) is 1. The smallest absolute Gasteiger partial charge is 0.0830 e. The quantitative estimate of drug-likeness (QED) is 0.810. The van der Waals surface area contributed by atoms with Crippen molar-refractivity contribution in [1.29, 1.82) is 0 Å². The second kappa shape index (κ2) is 6.32. The van der Waals surface area contributed by atoms with Gasteiger partial charge in [-0.05, 0) is 38.2 Å².